The standard InChI is InChI=1S/C22H17F3N2O3/c23-22(24,25)16-10-4-5-11-17(16)26-19(28)15-9-3-6-12-18(15)27-20(29)13-7-1-2-8-14(13)21(27)30/h1-6,9-14H,7-8H2,(H,26,28). The van der Waals surface area contributed by atoms with Gasteiger partial charge in [-0.25, -0.2) is 4.90 Å². The van der Waals surface area contributed by atoms with Crippen LogP contribution >= 0.6 is 0 Å². The van der Waals surface area contributed by atoms with Crippen molar-refractivity contribution >= 4 is 29.1 Å². The van der Waals surface area contributed by atoms with Gasteiger partial charge in [-0.1, -0.05) is 36.4 Å². The molecule has 1 heterocycles. The molecule has 2 aromatic carbocycles. The number of nitrogens with zero attached hydrogens (tertiary/aromatic N) is 1. The van der Waals surface area contributed by atoms with E-state index in [-0.39, 0.29) is 11.3 Å². The highest BCUT2D eigenvalue weighted by molar-refractivity contribution is 6.25. The Morgan fingerprint density at radius 3 is 2.10 bits per heavy atom. The molecule has 1 aliphatic heterocycles. The minimum absolute atomic E-state index is 0.0530. The molecular weight excluding hydrogens is 397 g/mol. The fourth-order valence-electron chi connectivity index (χ4n) is 3.93. The molecule has 1 aliphatic carbocycles. The van der Waals surface area contributed by atoms with Gasteiger partial charge in [-0.3, -0.25) is 14.4 Å². The fraction of sp³-hybridized carbons (Fsp3) is 0.227. The third kappa shape index (κ3) is 3.38. The fourth-order valence-corrected chi connectivity index (χ4v) is 3.93. The number of alkyl halides is 3. The van der Waals surface area contributed by atoms with Crippen LogP contribution in [0, 0.1) is 11.8 Å². The lowest BCUT2D eigenvalue weighted by molar-refractivity contribution is -0.137. The Balaban J connectivity index is 1.68. The number of hydrogen-bond donors (Lipinski definition) is 1. The summed E-state index contributed by atoms with van der Waals surface area (Å²) in [6.07, 6.45) is -0.0594. The number of benzene rings is 2. The summed E-state index contributed by atoms with van der Waals surface area (Å²) in [5.74, 6) is -2.60. The molecule has 0 saturated carbocycles. The van der Waals surface area contributed by atoms with Crippen molar-refractivity contribution < 1.29 is 27.6 Å². The van der Waals surface area contributed by atoms with E-state index < -0.39 is 47.0 Å². The van der Waals surface area contributed by atoms with Crippen LogP contribution < -0.4 is 10.2 Å². The Morgan fingerprint density at radius 1 is 0.900 bits per heavy atom. The minimum Gasteiger partial charge on any atom is -0.321 e. The number of carbonyl (C=O) groups excluding carboxylic acids is 3. The SMILES string of the molecule is O=C(Nc1ccccc1C(F)(F)F)c1ccccc1N1C(=O)C2CC=CCC2C1=O. The average Bonchev–Trinajstić information content (AvgIpc) is 2.98. The van der Waals surface area contributed by atoms with Gasteiger partial charge in [-0.15, -0.1) is 0 Å². The van der Waals surface area contributed by atoms with E-state index in [4.69, 9.17) is 0 Å². The highest BCUT2D eigenvalue weighted by Gasteiger charge is 2.48. The largest absolute Gasteiger partial charge is 0.418 e. The van der Waals surface area contributed by atoms with Crippen LogP contribution in [0.15, 0.2) is 60.7 Å². The van der Waals surface area contributed by atoms with Crippen molar-refractivity contribution in [2.45, 2.75) is 19.0 Å². The summed E-state index contributed by atoms with van der Waals surface area (Å²) >= 11 is 0. The number of hydrogen-bond acceptors (Lipinski definition) is 3. The molecule has 8 heteroatoms. The van der Waals surface area contributed by atoms with Gasteiger partial charge in [0.05, 0.1) is 34.3 Å². The smallest absolute Gasteiger partial charge is 0.321 e. The van der Waals surface area contributed by atoms with Gasteiger partial charge in [0.1, 0.15) is 0 Å². The molecule has 30 heavy (non-hydrogen) atoms. The van der Waals surface area contributed by atoms with Gasteiger partial charge in [0.15, 0.2) is 0 Å². The van der Waals surface area contributed by atoms with E-state index in [0.717, 1.165) is 17.0 Å². The normalized spacial score (nSPS) is 21.0. The van der Waals surface area contributed by atoms with Gasteiger partial charge in [0.2, 0.25) is 11.8 Å². The Bertz CT molecular complexity index is 1040. The summed E-state index contributed by atoms with van der Waals surface area (Å²) in [6.45, 7) is 0. The molecule has 1 N–H and O–H groups in total. The van der Waals surface area contributed by atoms with E-state index >= 15 is 0 Å². The lowest BCUT2D eigenvalue weighted by Gasteiger charge is -2.19. The molecule has 0 aromatic heterocycles. The van der Waals surface area contributed by atoms with Crippen LogP contribution in [0.4, 0.5) is 24.5 Å². The van der Waals surface area contributed by atoms with Gasteiger partial charge < -0.3 is 5.32 Å². The van der Waals surface area contributed by atoms with Crippen molar-refractivity contribution in [1.29, 1.82) is 0 Å². The number of nitrogens with one attached hydrogen (secondary N) is 1. The lowest BCUT2D eigenvalue weighted by Crippen LogP contribution is -2.33. The first-order valence-corrected chi connectivity index (χ1v) is 9.38. The Hall–Kier alpha value is -3.42. The van der Waals surface area contributed by atoms with Crippen LogP contribution in [0.25, 0.3) is 0 Å². The molecule has 3 amide bonds. The zero-order valence-electron chi connectivity index (χ0n) is 15.6. The number of anilines is 2. The second kappa shape index (κ2) is 7.44. The molecule has 1 saturated heterocycles. The van der Waals surface area contributed by atoms with Gasteiger partial charge >= 0.3 is 6.18 Å². The predicted octanol–water partition coefficient (Wildman–Crippen LogP) is 4.41. The van der Waals surface area contributed by atoms with E-state index in [1.165, 1.54) is 30.3 Å². The lowest BCUT2D eigenvalue weighted by atomic mass is 9.85. The van der Waals surface area contributed by atoms with Gasteiger partial charge in [0.25, 0.3) is 5.91 Å². The number of carbonyl (C=O) groups is 3. The van der Waals surface area contributed by atoms with Gasteiger partial charge in [0, 0.05) is 0 Å². The topological polar surface area (TPSA) is 66.5 Å². The van der Waals surface area contributed by atoms with Crippen molar-refractivity contribution in [3.8, 4) is 0 Å². The van der Waals surface area contributed by atoms with Crippen LogP contribution in [0.3, 0.4) is 0 Å². The number of fused-ring (bicyclic) bond motifs is 1. The molecule has 0 radical (unpaired) electrons. The third-order valence-electron chi connectivity index (χ3n) is 5.38. The highest BCUT2D eigenvalue weighted by atomic mass is 19.4. The molecule has 2 atom stereocenters. The number of amides is 3. The summed E-state index contributed by atoms with van der Waals surface area (Å²) in [5, 5.41) is 2.27. The number of imide groups is 1. The van der Waals surface area contributed by atoms with Gasteiger partial charge in [-0.2, -0.15) is 13.2 Å². The molecule has 2 unspecified atom stereocenters. The Labute approximate surface area is 170 Å². The zero-order chi connectivity index (χ0) is 21.5. The number of allylic oxidation sites excluding steroid dienone is 2. The first-order valence-electron chi connectivity index (χ1n) is 9.38. The number of para-hydroxylation sites is 2. The second-order valence-electron chi connectivity index (χ2n) is 7.18. The third-order valence-corrected chi connectivity index (χ3v) is 5.38. The molecule has 1 fully saturated rings. The van der Waals surface area contributed by atoms with E-state index in [0.29, 0.717) is 12.8 Å². The zero-order valence-corrected chi connectivity index (χ0v) is 15.6. The van der Waals surface area contributed by atoms with Crippen LogP contribution in [0.1, 0.15) is 28.8 Å². The maximum Gasteiger partial charge on any atom is 0.418 e. The Kier molecular flexibility index (Phi) is 4.93. The van der Waals surface area contributed by atoms with E-state index in [9.17, 15) is 27.6 Å². The van der Waals surface area contributed by atoms with E-state index in [2.05, 4.69) is 5.32 Å². The molecule has 2 aromatic rings. The first-order chi connectivity index (χ1) is 14.3. The van der Waals surface area contributed by atoms with Crippen molar-refractivity contribution in [2.75, 3.05) is 10.2 Å². The van der Waals surface area contributed by atoms with Crippen LogP contribution in [-0.4, -0.2) is 17.7 Å². The van der Waals surface area contributed by atoms with Crippen molar-refractivity contribution in [3.05, 3.63) is 71.8 Å². The molecule has 5 nitrogen and oxygen atoms in total. The van der Waals surface area contributed by atoms with Crippen LogP contribution in [0.2, 0.25) is 0 Å². The molecule has 0 bridgehead atoms. The quantitative estimate of drug-likeness (QED) is 0.598. The van der Waals surface area contributed by atoms with Crippen molar-refractivity contribution in [2.24, 2.45) is 11.8 Å². The first kappa shape index (κ1) is 19.9. The average molecular weight is 414 g/mol. The summed E-state index contributed by atoms with van der Waals surface area (Å²) in [7, 11) is 0. The highest BCUT2D eigenvalue weighted by Crippen LogP contribution is 2.39. The minimum atomic E-state index is -4.65. The predicted molar refractivity (Wildman–Crippen MR) is 104 cm³/mol. The molecular formula is C22H17F3N2O3. The van der Waals surface area contributed by atoms with E-state index in [1.54, 1.807) is 6.07 Å². The van der Waals surface area contributed by atoms with E-state index in [1.807, 2.05) is 12.2 Å². The molecule has 154 valence electrons. The van der Waals surface area contributed by atoms with Crippen molar-refractivity contribution in [3.63, 3.8) is 0 Å². The van der Waals surface area contributed by atoms with Crippen LogP contribution in [0.5, 0.6) is 0 Å². The summed E-state index contributed by atoms with van der Waals surface area (Å²) < 4.78 is 39.7. The number of halogens is 3. The summed E-state index contributed by atoms with van der Waals surface area (Å²) in [5.41, 5.74) is -1.37. The Morgan fingerprint density at radius 2 is 1.47 bits per heavy atom. The monoisotopic (exact) mass is 414 g/mol. The molecule has 2 aliphatic rings. The molecule has 0 spiro atoms. The maximum atomic E-state index is 13.2. The maximum absolute atomic E-state index is 13.2. The summed E-state index contributed by atoms with van der Waals surface area (Å²) in [4.78, 5) is 39.6. The van der Waals surface area contributed by atoms with Gasteiger partial charge in [-0.05, 0) is 37.1 Å². The van der Waals surface area contributed by atoms with Crippen molar-refractivity contribution in [1.82, 2.24) is 0 Å². The summed E-state index contributed by atoms with van der Waals surface area (Å²) in [6, 6.07) is 10.5. The molecule has 4 rings (SSSR count). The van der Waals surface area contributed by atoms with Crippen LogP contribution in [-0.2, 0) is 15.8 Å². The second-order valence-corrected chi connectivity index (χ2v) is 7.18. The number of rotatable bonds is 3.